The topological polar surface area (TPSA) is 137 Å². The van der Waals surface area contributed by atoms with Crippen LogP contribution in [0.25, 0.3) is 0 Å². The van der Waals surface area contributed by atoms with Gasteiger partial charge in [-0.3, -0.25) is 9.59 Å². The van der Waals surface area contributed by atoms with Gasteiger partial charge in [0, 0.05) is 0 Å². The zero-order valence-corrected chi connectivity index (χ0v) is 23.1. The fraction of sp³-hybridized carbons (Fsp3) is 0.407. The molecule has 1 unspecified atom stereocenters. The molecule has 2 rings (SSSR count). The standard InChI is InChI=1S/C14H19FN2O3.C13H15FN2O3/c1-5-10-9(15)6-7-11(16-10)13(18)17-12(8(2)3)14(19)20-4;1-4-9-8(14)6-7-11(15-9)12(17)16-10(5-2)13(18)19-3/h6-8,12H,5H2,1-4H3,(H,17,18);5-7H,4H2,1-3H3,(H,16,17)/b;10-5+. The fourth-order valence-corrected chi connectivity index (χ4v) is 3.09. The van der Waals surface area contributed by atoms with Gasteiger partial charge in [-0.05, 0) is 49.9 Å². The number of aromatic nitrogens is 2. The van der Waals surface area contributed by atoms with Crippen molar-refractivity contribution < 1.29 is 37.4 Å². The predicted molar refractivity (Wildman–Crippen MR) is 138 cm³/mol. The molecule has 0 spiro atoms. The molecule has 2 N–H and O–H groups in total. The van der Waals surface area contributed by atoms with Crippen LogP contribution in [0.4, 0.5) is 8.78 Å². The summed E-state index contributed by atoms with van der Waals surface area (Å²) in [5.74, 6) is -3.33. The van der Waals surface area contributed by atoms with E-state index in [2.05, 4.69) is 30.1 Å². The second-order valence-electron chi connectivity index (χ2n) is 8.32. The van der Waals surface area contributed by atoms with Gasteiger partial charge in [-0.25, -0.2) is 28.3 Å². The Hall–Kier alpha value is -4.22. The number of aryl methyl sites for hydroxylation is 2. The van der Waals surface area contributed by atoms with Gasteiger partial charge in [0.25, 0.3) is 11.8 Å². The highest BCUT2D eigenvalue weighted by atomic mass is 19.1. The normalized spacial score (nSPS) is 11.6. The van der Waals surface area contributed by atoms with Gasteiger partial charge < -0.3 is 20.1 Å². The van der Waals surface area contributed by atoms with Crippen LogP contribution in [0.1, 0.15) is 67.0 Å². The summed E-state index contributed by atoms with van der Waals surface area (Å²) in [7, 11) is 2.47. The van der Waals surface area contributed by atoms with Crippen LogP contribution in [0, 0.1) is 17.6 Å². The summed E-state index contributed by atoms with van der Waals surface area (Å²) in [5.41, 5.74) is 0.556. The molecule has 10 nitrogen and oxygen atoms in total. The number of hydrogen-bond acceptors (Lipinski definition) is 8. The molecule has 2 aromatic heterocycles. The molecule has 0 aliphatic heterocycles. The Labute approximate surface area is 226 Å². The van der Waals surface area contributed by atoms with Crippen LogP contribution < -0.4 is 10.6 Å². The lowest BCUT2D eigenvalue weighted by atomic mass is 10.0. The summed E-state index contributed by atoms with van der Waals surface area (Å²) in [6, 6.07) is 4.16. The Morgan fingerprint density at radius 2 is 1.36 bits per heavy atom. The maximum Gasteiger partial charge on any atom is 0.354 e. The molecule has 0 fully saturated rings. The first-order valence-electron chi connectivity index (χ1n) is 12.2. The summed E-state index contributed by atoms with van der Waals surface area (Å²) in [6.07, 6.45) is 2.17. The monoisotopic (exact) mass is 548 g/mol. The molecule has 0 saturated carbocycles. The molecule has 0 radical (unpaired) electrons. The van der Waals surface area contributed by atoms with Crippen LogP contribution in [-0.2, 0) is 31.9 Å². The van der Waals surface area contributed by atoms with Crippen molar-refractivity contribution in [3.05, 3.63) is 70.4 Å². The highest BCUT2D eigenvalue weighted by molar-refractivity contribution is 6.00. The van der Waals surface area contributed by atoms with Gasteiger partial charge in [-0.1, -0.05) is 33.8 Å². The zero-order valence-electron chi connectivity index (χ0n) is 23.1. The Morgan fingerprint density at radius 3 is 1.74 bits per heavy atom. The summed E-state index contributed by atoms with van der Waals surface area (Å²) < 4.78 is 35.7. The number of pyridine rings is 2. The molecule has 2 heterocycles. The first kappa shape index (κ1) is 32.8. The molecule has 1 atom stereocenters. The Balaban J connectivity index is 0.000000391. The van der Waals surface area contributed by atoms with Crippen molar-refractivity contribution in [2.24, 2.45) is 5.92 Å². The Bertz CT molecular complexity index is 1220. The summed E-state index contributed by atoms with van der Waals surface area (Å²) in [5, 5.41) is 4.92. The zero-order chi connectivity index (χ0) is 29.7. The van der Waals surface area contributed by atoms with E-state index in [1.54, 1.807) is 34.6 Å². The molecular formula is C27H34F2N4O6. The summed E-state index contributed by atoms with van der Waals surface area (Å²) in [4.78, 5) is 54.7. The van der Waals surface area contributed by atoms with Crippen LogP contribution in [0.5, 0.6) is 0 Å². The molecule has 39 heavy (non-hydrogen) atoms. The molecule has 2 amide bonds. The van der Waals surface area contributed by atoms with Crippen LogP contribution in [0.2, 0.25) is 0 Å². The number of nitrogens with zero attached hydrogens (tertiary/aromatic N) is 2. The van der Waals surface area contributed by atoms with E-state index in [1.165, 1.54) is 44.6 Å². The minimum absolute atomic E-state index is 0.0108. The Kier molecular flexibility index (Phi) is 13.4. The first-order valence-corrected chi connectivity index (χ1v) is 12.2. The molecule has 2 aromatic rings. The number of methoxy groups -OCH3 is 2. The highest BCUT2D eigenvalue weighted by Gasteiger charge is 2.26. The number of amides is 2. The average Bonchev–Trinajstić information content (AvgIpc) is 2.94. The van der Waals surface area contributed by atoms with Crippen LogP contribution in [0.15, 0.2) is 36.0 Å². The number of carbonyl (C=O) groups excluding carboxylic acids is 4. The number of carbonyl (C=O) groups is 4. The van der Waals surface area contributed by atoms with Gasteiger partial charge in [-0.15, -0.1) is 0 Å². The number of halogens is 2. The minimum Gasteiger partial charge on any atom is -0.467 e. The molecule has 212 valence electrons. The van der Waals surface area contributed by atoms with E-state index >= 15 is 0 Å². The summed E-state index contributed by atoms with van der Waals surface area (Å²) >= 11 is 0. The SMILES string of the molecule is C/C=C(/NC(=O)c1ccc(F)c(CC)n1)C(=O)OC.CCc1nc(C(=O)NC(C(=O)OC)C(C)C)ccc1F. The maximum absolute atomic E-state index is 13.3. The second-order valence-corrected chi connectivity index (χ2v) is 8.32. The van der Waals surface area contributed by atoms with Crippen molar-refractivity contribution in [3.8, 4) is 0 Å². The van der Waals surface area contributed by atoms with E-state index in [0.717, 1.165) is 0 Å². The van der Waals surface area contributed by atoms with E-state index < -0.39 is 41.4 Å². The van der Waals surface area contributed by atoms with E-state index in [-0.39, 0.29) is 34.4 Å². The van der Waals surface area contributed by atoms with Gasteiger partial charge in [0.05, 0.1) is 25.6 Å². The predicted octanol–water partition coefficient (Wildman–Crippen LogP) is 3.30. The number of nitrogens with one attached hydrogen (secondary N) is 2. The third-order valence-electron chi connectivity index (χ3n) is 5.32. The largest absolute Gasteiger partial charge is 0.467 e. The highest BCUT2D eigenvalue weighted by Crippen LogP contribution is 2.10. The van der Waals surface area contributed by atoms with Crippen molar-refractivity contribution in [2.75, 3.05) is 14.2 Å². The van der Waals surface area contributed by atoms with E-state index in [1.807, 2.05) is 0 Å². The van der Waals surface area contributed by atoms with Gasteiger partial charge in [0.15, 0.2) is 0 Å². The smallest absolute Gasteiger partial charge is 0.354 e. The number of rotatable bonds is 9. The van der Waals surface area contributed by atoms with Gasteiger partial charge in [0.1, 0.15) is 34.8 Å². The van der Waals surface area contributed by atoms with Gasteiger partial charge in [-0.2, -0.15) is 0 Å². The van der Waals surface area contributed by atoms with Crippen molar-refractivity contribution >= 4 is 23.8 Å². The number of allylic oxidation sites excluding steroid dienone is 1. The van der Waals surface area contributed by atoms with E-state index in [4.69, 9.17) is 0 Å². The molecule has 12 heteroatoms. The van der Waals surface area contributed by atoms with Crippen LogP contribution >= 0.6 is 0 Å². The van der Waals surface area contributed by atoms with E-state index in [0.29, 0.717) is 12.8 Å². The number of hydrogen-bond donors (Lipinski definition) is 2. The minimum atomic E-state index is -0.760. The molecule has 0 aliphatic carbocycles. The molecule has 0 saturated heterocycles. The third-order valence-corrected chi connectivity index (χ3v) is 5.32. The first-order chi connectivity index (χ1) is 18.4. The maximum atomic E-state index is 13.3. The van der Waals surface area contributed by atoms with Gasteiger partial charge in [0.2, 0.25) is 0 Å². The number of ether oxygens (including phenoxy) is 2. The summed E-state index contributed by atoms with van der Waals surface area (Å²) in [6.45, 7) is 8.65. The van der Waals surface area contributed by atoms with Crippen LogP contribution in [0.3, 0.4) is 0 Å². The van der Waals surface area contributed by atoms with Crippen molar-refractivity contribution in [1.82, 2.24) is 20.6 Å². The second kappa shape index (κ2) is 15.9. The van der Waals surface area contributed by atoms with Crippen LogP contribution in [-0.4, -0.2) is 54.0 Å². The number of esters is 2. The van der Waals surface area contributed by atoms with Crippen molar-refractivity contribution in [1.29, 1.82) is 0 Å². The lowest BCUT2D eigenvalue weighted by Gasteiger charge is -2.19. The third kappa shape index (κ3) is 9.55. The van der Waals surface area contributed by atoms with E-state index in [9.17, 15) is 28.0 Å². The Morgan fingerprint density at radius 1 is 0.872 bits per heavy atom. The molecule has 0 bridgehead atoms. The quantitative estimate of drug-likeness (QED) is 0.360. The lowest BCUT2D eigenvalue weighted by Crippen LogP contribution is -2.45. The van der Waals surface area contributed by atoms with Gasteiger partial charge >= 0.3 is 11.9 Å². The molecular weight excluding hydrogens is 514 g/mol. The molecule has 0 aromatic carbocycles. The van der Waals surface area contributed by atoms with Crippen molar-refractivity contribution in [3.63, 3.8) is 0 Å². The lowest BCUT2D eigenvalue weighted by molar-refractivity contribution is -0.144. The average molecular weight is 549 g/mol. The molecule has 0 aliphatic rings. The van der Waals surface area contributed by atoms with Crippen molar-refractivity contribution in [2.45, 2.75) is 53.5 Å². The fourth-order valence-electron chi connectivity index (χ4n) is 3.09.